The molecule has 0 saturated heterocycles. The third kappa shape index (κ3) is 2.08. The fourth-order valence-electron chi connectivity index (χ4n) is 1.56. The van der Waals surface area contributed by atoms with E-state index in [1.807, 2.05) is 6.07 Å². The van der Waals surface area contributed by atoms with Gasteiger partial charge >= 0.3 is 0 Å². The average Bonchev–Trinajstić information content (AvgIpc) is 2.38. The molecule has 2 rings (SSSR count). The molecule has 0 radical (unpaired) electrons. The topological polar surface area (TPSA) is 45.9 Å². The molecule has 0 aliphatic heterocycles. The van der Waals surface area contributed by atoms with Gasteiger partial charge in [0.2, 0.25) is 0 Å². The molecule has 1 aromatic carbocycles. The van der Waals surface area contributed by atoms with E-state index in [1.54, 1.807) is 18.2 Å². The van der Waals surface area contributed by atoms with Crippen LogP contribution >= 0.6 is 0 Å². The van der Waals surface area contributed by atoms with Crippen LogP contribution < -0.4 is 4.74 Å². The van der Waals surface area contributed by atoms with Crippen molar-refractivity contribution in [1.82, 2.24) is 4.98 Å². The number of aromatic nitrogens is 1. The van der Waals surface area contributed by atoms with Crippen LogP contribution in [0.4, 0.5) is 4.39 Å². The van der Waals surface area contributed by atoms with Gasteiger partial charge < -0.3 is 4.74 Å². The van der Waals surface area contributed by atoms with Crippen molar-refractivity contribution < 1.29 is 9.13 Å². The number of benzene rings is 1. The molecule has 0 aliphatic carbocycles. The van der Waals surface area contributed by atoms with Gasteiger partial charge in [-0.15, -0.1) is 0 Å². The summed E-state index contributed by atoms with van der Waals surface area (Å²) in [5, 5.41) is 8.80. The maximum atomic E-state index is 13.8. The van der Waals surface area contributed by atoms with E-state index in [2.05, 4.69) is 4.98 Å². The van der Waals surface area contributed by atoms with E-state index in [4.69, 9.17) is 10.00 Å². The number of nitrogens with zero attached hydrogens (tertiary/aromatic N) is 2. The predicted molar refractivity (Wildman–Crippen MR) is 60.9 cm³/mol. The molecular formula is C13H9FN2O. The summed E-state index contributed by atoms with van der Waals surface area (Å²) in [6.07, 6.45) is 1.47. The Morgan fingerprint density at radius 2 is 2.18 bits per heavy atom. The molecule has 0 aliphatic rings. The molecule has 0 amide bonds. The maximum Gasteiger partial charge on any atom is 0.136 e. The number of rotatable bonds is 2. The molecule has 17 heavy (non-hydrogen) atoms. The predicted octanol–water partition coefficient (Wildman–Crippen LogP) is 2.77. The summed E-state index contributed by atoms with van der Waals surface area (Å²) in [6.45, 7) is 0. The summed E-state index contributed by atoms with van der Waals surface area (Å²) in [5.74, 6) is -0.0282. The summed E-state index contributed by atoms with van der Waals surface area (Å²) in [7, 11) is 1.46. The Morgan fingerprint density at radius 1 is 1.35 bits per heavy atom. The van der Waals surface area contributed by atoms with Crippen LogP contribution in [0.3, 0.4) is 0 Å². The molecule has 1 aromatic heterocycles. The SMILES string of the molecule is COc1cccc(F)c1-c1cc(C#N)ccn1. The first-order valence-electron chi connectivity index (χ1n) is 4.95. The fourth-order valence-corrected chi connectivity index (χ4v) is 1.56. The van der Waals surface area contributed by atoms with Gasteiger partial charge in [-0.3, -0.25) is 4.98 Å². The number of hydrogen-bond donors (Lipinski definition) is 0. The highest BCUT2D eigenvalue weighted by Gasteiger charge is 2.12. The van der Waals surface area contributed by atoms with Crippen molar-refractivity contribution >= 4 is 0 Å². The Balaban J connectivity index is 2.64. The Kier molecular flexibility index (Phi) is 3.01. The van der Waals surface area contributed by atoms with Crippen molar-refractivity contribution in [1.29, 1.82) is 5.26 Å². The molecule has 0 saturated carbocycles. The van der Waals surface area contributed by atoms with Crippen LogP contribution in [0.15, 0.2) is 36.5 Å². The Hall–Kier alpha value is -2.41. The third-order valence-electron chi connectivity index (χ3n) is 2.34. The molecule has 0 fully saturated rings. The lowest BCUT2D eigenvalue weighted by Crippen LogP contribution is -1.94. The van der Waals surface area contributed by atoms with Crippen molar-refractivity contribution in [3.8, 4) is 23.1 Å². The van der Waals surface area contributed by atoms with Gasteiger partial charge in [-0.05, 0) is 24.3 Å². The van der Waals surface area contributed by atoms with Crippen molar-refractivity contribution in [3.63, 3.8) is 0 Å². The Morgan fingerprint density at radius 3 is 2.88 bits per heavy atom. The van der Waals surface area contributed by atoms with Crippen molar-refractivity contribution in [2.45, 2.75) is 0 Å². The molecule has 0 N–H and O–H groups in total. The molecule has 0 bridgehead atoms. The highest BCUT2D eigenvalue weighted by atomic mass is 19.1. The number of hydrogen-bond acceptors (Lipinski definition) is 3. The normalized spacial score (nSPS) is 9.71. The van der Waals surface area contributed by atoms with Gasteiger partial charge in [0, 0.05) is 6.20 Å². The molecule has 4 heteroatoms. The van der Waals surface area contributed by atoms with E-state index < -0.39 is 5.82 Å². The van der Waals surface area contributed by atoms with E-state index in [-0.39, 0.29) is 5.56 Å². The molecule has 0 atom stereocenters. The highest BCUT2D eigenvalue weighted by molar-refractivity contribution is 5.68. The average molecular weight is 228 g/mol. The van der Waals surface area contributed by atoms with Crippen molar-refractivity contribution in [2.75, 3.05) is 7.11 Å². The zero-order valence-corrected chi connectivity index (χ0v) is 9.14. The first-order valence-corrected chi connectivity index (χ1v) is 4.95. The van der Waals surface area contributed by atoms with Crippen LogP contribution in [0.5, 0.6) is 5.75 Å². The number of methoxy groups -OCH3 is 1. The molecule has 1 heterocycles. The van der Waals surface area contributed by atoms with E-state index in [0.29, 0.717) is 17.0 Å². The monoisotopic (exact) mass is 228 g/mol. The van der Waals surface area contributed by atoms with Crippen LogP contribution in [0.2, 0.25) is 0 Å². The summed E-state index contributed by atoms with van der Waals surface area (Å²) in [6, 6.07) is 9.63. The molecular weight excluding hydrogens is 219 g/mol. The standard InChI is InChI=1S/C13H9FN2O/c1-17-12-4-2-3-10(14)13(12)11-7-9(8-15)5-6-16-11/h2-7H,1H3. The third-order valence-corrected chi connectivity index (χ3v) is 2.34. The lowest BCUT2D eigenvalue weighted by atomic mass is 10.1. The number of pyridine rings is 1. The second-order valence-electron chi connectivity index (χ2n) is 3.36. The van der Waals surface area contributed by atoms with E-state index in [0.717, 1.165) is 0 Å². The lowest BCUT2D eigenvalue weighted by Gasteiger charge is -2.08. The molecule has 2 aromatic rings. The Labute approximate surface area is 98.1 Å². The quantitative estimate of drug-likeness (QED) is 0.793. The van der Waals surface area contributed by atoms with Gasteiger partial charge in [-0.25, -0.2) is 4.39 Å². The van der Waals surface area contributed by atoms with Crippen LogP contribution in [0.1, 0.15) is 5.56 Å². The molecule has 0 spiro atoms. The van der Waals surface area contributed by atoms with Crippen molar-refractivity contribution in [2.24, 2.45) is 0 Å². The first-order chi connectivity index (χ1) is 8.26. The minimum atomic E-state index is -0.424. The van der Waals surface area contributed by atoms with E-state index in [9.17, 15) is 4.39 Å². The summed E-state index contributed by atoms with van der Waals surface area (Å²) < 4.78 is 18.8. The highest BCUT2D eigenvalue weighted by Crippen LogP contribution is 2.31. The molecule has 84 valence electrons. The van der Waals surface area contributed by atoms with Gasteiger partial charge in [-0.2, -0.15) is 5.26 Å². The summed E-state index contributed by atoms with van der Waals surface area (Å²) >= 11 is 0. The summed E-state index contributed by atoms with van der Waals surface area (Å²) in [5.41, 5.74) is 1.09. The second-order valence-corrected chi connectivity index (χ2v) is 3.36. The van der Waals surface area contributed by atoms with Crippen LogP contribution in [-0.2, 0) is 0 Å². The van der Waals surface area contributed by atoms with Gasteiger partial charge in [0.15, 0.2) is 0 Å². The zero-order chi connectivity index (χ0) is 12.3. The molecule has 0 unspecified atom stereocenters. The largest absolute Gasteiger partial charge is 0.496 e. The van der Waals surface area contributed by atoms with Gasteiger partial charge in [0.05, 0.1) is 30.0 Å². The van der Waals surface area contributed by atoms with Gasteiger partial charge in [0.1, 0.15) is 11.6 Å². The smallest absolute Gasteiger partial charge is 0.136 e. The van der Waals surface area contributed by atoms with Crippen molar-refractivity contribution in [3.05, 3.63) is 47.9 Å². The van der Waals surface area contributed by atoms with Crippen LogP contribution in [0, 0.1) is 17.1 Å². The Bertz CT molecular complexity index is 590. The first kappa shape index (κ1) is 11.1. The minimum Gasteiger partial charge on any atom is -0.496 e. The van der Waals surface area contributed by atoms with E-state index in [1.165, 1.54) is 25.4 Å². The second kappa shape index (κ2) is 4.62. The lowest BCUT2D eigenvalue weighted by molar-refractivity contribution is 0.413. The van der Waals surface area contributed by atoms with Gasteiger partial charge in [0.25, 0.3) is 0 Å². The van der Waals surface area contributed by atoms with Crippen LogP contribution in [-0.4, -0.2) is 12.1 Å². The number of nitriles is 1. The van der Waals surface area contributed by atoms with Crippen LogP contribution in [0.25, 0.3) is 11.3 Å². The fraction of sp³-hybridized carbons (Fsp3) is 0.0769. The zero-order valence-electron chi connectivity index (χ0n) is 9.14. The van der Waals surface area contributed by atoms with E-state index >= 15 is 0 Å². The minimum absolute atomic E-state index is 0.270. The van der Waals surface area contributed by atoms with Gasteiger partial charge in [-0.1, -0.05) is 6.07 Å². The number of halogens is 1. The maximum absolute atomic E-state index is 13.8. The number of ether oxygens (including phenoxy) is 1. The molecule has 3 nitrogen and oxygen atoms in total. The summed E-state index contributed by atoms with van der Waals surface area (Å²) in [4.78, 5) is 4.06.